The summed E-state index contributed by atoms with van der Waals surface area (Å²) in [6.07, 6.45) is 2.59. The summed E-state index contributed by atoms with van der Waals surface area (Å²) in [7, 11) is -6.53. The topological polar surface area (TPSA) is 44.8 Å². The van der Waals surface area contributed by atoms with Crippen LogP contribution in [0.15, 0.2) is 60.7 Å². The molecule has 240 valence electrons. The Balaban J connectivity index is 2.12. The standard InChI is InChI=1S/C36H60O4Si3/c1-10-41(11-2,12-3)39-34-28-35(40-42(13-4,14-5)15-6)33(32(34)26-27-37)29-38-43(36(7,8)9,30-22-18-16-19-23-30)31-24-20-17-21-25-31/h16-25,27,32-35H,10-15,26,28-29H2,1-9H3/t32-,33+,34-,35+/m1/s1. The van der Waals surface area contributed by atoms with Gasteiger partial charge in [0.1, 0.15) is 6.29 Å². The Labute approximate surface area is 266 Å². The highest BCUT2D eigenvalue weighted by Crippen LogP contribution is 2.45. The molecule has 3 rings (SSSR count). The monoisotopic (exact) mass is 640 g/mol. The first-order chi connectivity index (χ1) is 20.5. The molecule has 0 heterocycles. The van der Waals surface area contributed by atoms with Crippen LogP contribution in [-0.4, -0.2) is 50.1 Å². The first-order valence-electron chi connectivity index (χ1n) is 17.1. The molecule has 0 radical (unpaired) electrons. The first-order valence-corrected chi connectivity index (χ1v) is 24.1. The summed E-state index contributed by atoms with van der Waals surface area (Å²) in [6, 6.07) is 28.4. The molecule has 0 aromatic heterocycles. The van der Waals surface area contributed by atoms with Crippen LogP contribution in [0, 0.1) is 11.8 Å². The van der Waals surface area contributed by atoms with Crippen LogP contribution in [0.4, 0.5) is 0 Å². The molecule has 0 spiro atoms. The van der Waals surface area contributed by atoms with Gasteiger partial charge in [0.2, 0.25) is 0 Å². The predicted octanol–water partition coefficient (Wildman–Crippen LogP) is 8.57. The molecular formula is C36H60O4Si3. The minimum absolute atomic E-state index is 0.0479. The number of aldehydes is 1. The normalized spacial score (nSPS) is 21.7. The summed E-state index contributed by atoms with van der Waals surface area (Å²) in [6.45, 7) is 21.4. The number of carbonyl (C=O) groups is 1. The van der Waals surface area contributed by atoms with Gasteiger partial charge in [0.15, 0.2) is 16.6 Å². The van der Waals surface area contributed by atoms with E-state index in [4.69, 9.17) is 13.3 Å². The lowest BCUT2D eigenvalue weighted by Gasteiger charge is -2.44. The molecular weight excluding hydrogens is 581 g/mol. The largest absolute Gasteiger partial charge is 0.414 e. The summed E-state index contributed by atoms with van der Waals surface area (Å²) >= 11 is 0. The molecule has 43 heavy (non-hydrogen) atoms. The molecule has 0 saturated heterocycles. The second kappa shape index (κ2) is 15.8. The number of benzene rings is 2. The maximum Gasteiger partial charge on any atom is 0.261 e. The maximum atomic E-state index is 12.3. The zero-order valence-corrected chi connectivity index (χ0v) is 31.7. The van der Waals surface area contributed by atoms with Crippen LogP contribution in [0.3, 0.4) is 0 Å². The summed E-state index contributed by atoms with van der Waals surface area (Å²) in [5.41, 5.74) is 0. The fourth-order valence-electron chi connectivity index (χ4n) is 7.69. The Morgan fingerprint density at radius 3 is 1.42 bits per heavy atom. The smallest absolute Gasteiger partial charge is 0.261 e. The van der Waals surface area contributed by atoms with E-state index < -0.39 is 25.0 Å². The van der Waals surface area contributed by atoms with Crippen molar-refractivity contribution in [1.82, 2.24) is 0 Å². The summed E-state index contributed by atoms with van der Waals surface area (Å²) in [4.78, 5) is 12.3. The molecule has 2 aromatic carbocycles. The third kappa shape index (κ3) is 7.72. The zero-order valence-electron chi connectivity index (χ0n) is 28.7. The van der Waals surface area contributed by atoms with Gasteiger partial charge in [-0.2, -0.15) is 0 Å². The second-order valence-electron chi connectivity index (χ2n) is 13.7. The third-order valence-electron chi connectivity index (χ3n) is 10.9. The van der Waals surface area contributed by atoms with Gasteiger partial charge >= 0.3 is 0 Å². The highest BCUT2D eigenvalue weighted by molar-refractivity contribution is 6.99. The molecule has 1 aliphatic rings. The van der Waals surface area contributed by atoms with Gasteiger partial charge in [0.05, 0.1) is 12.2 Å². The van der Waals surface area contributed by atoms with Gasteiger partial charge in [-0.3, -0.25) is 0 Å². The van der Waals surface area contributed by atoms with Gasteiger partial charge in [0, 0.05) is 18.9 Å². The lowest BCUT2D eigenvalue weighted by Crippen LogP contribution is -2.67. The molecule has 1 saturated carbocycles. The predicted molar refractivity (Wildman–Crippen MR) is 190 cm³/mol. The fourth-order valence-corrected chi connectivity index (χ4v) is 18.1. The molecule has 0 aliphatic heterocycles. The molecule has 4 nitrogen and oxygen atoms in total. The van der Waals surface area contributed by atoms with E-state index in [1.165, 1.54) is 10.4 Å². The molecule has 0 bridgehead atoms. The number of hydrogen-bond acceptors (Lipinski definition) is 4. The van der Waals surface area contributed by atoms with E-state index in [-0.39, 0.29) is 29.1 Å². The van der Waals surface area contributed by atoms with Gasteiger partial charge in [-0.05, 0) is 64.0 Å². The molecule has 0 N–H and O–H groups in total. The van der Waals surface area contributed by atoms with E-state index >= 15 is 0 Å². The Bertz CT molecular complexity index is 1040. The van der Waals surface area contributed by atoms with Gasteiger partial charge in [-0.15, -0.1) is 0 Å². The van der Waals surface area contributed by atoms with Crippen LogP contribution in [0.25, 0.3) is 0 Å². The molecule has 0 unspecified atom stereocenters. The minimum Gasteiger partial charge on any atom is -0.414 e. The van der Waals surface area contributed by atoms with Crippen molar-refractivity contribution in [3.05, 3.63) is 60.7 Å². The van der Waals surface area contributed by atoms with Crippen LogP contribution >= 0.6 is 0 Å². The Kier molecular flexibility index (Phi) is 13.2. The summed E-state index contributed by atoms with van der Waals surface area (Å²) < 4.78 is 22.1. The highest BCUT2D eigenvalue weighted by Gasteiger charge is 2.54. The van der Waals surface area contributed by atoms with E-state index in [1.54, 1.807) is 0 Å². The van der Waals surface area contributed by atoms with E-state index in [2.05, 4.69) is 123 Å². The number of hydrogen-bond donors (Lipinski definition) is 0. The van der Waals surface area contributed by atoms with Crippen LogP contribution in [-0.2, 0) is 18.1 Å². The van der Waals surface area contributed by atoms with E-state index in [0.29, 0.717) is 13.0 Å². The lowest BCUT2D eigenvalue weighted by atomic mass is 9.92. The van der Waals surface area contributed by atoms with Crippen molar-refractivity contribution in [2.75, 3.05) is 6.61 Å². The molecule has 1 aliphatic carbocycles. The van der Waals surface area contributed by atoms with E-state index in [1.807, 2.05) is 0 Å². The average Bonchev–Trinajstić information content (AvgIpc) is 3.34. The minimum atomic E-state index is -2.74. The highest BCUT2D eigenvalue weighted by atomic mass is 28.4. The third-order valence-corrected chi connectivity index (χ3v) is 25.3. The Morgan fingerprint density at radius 2 is 1.07 bits per heavy atom. The van der Waals surface area contributed by atoms with Gasteiger partial charge in [-0.1, -0.05) is 123 Å². The van der Waals surface area contributed by atoms with E-state index in [0.717, 1.165) is 49.0 Å². The van der Waals surface area contributed by atoms with Gasteiger partial charge < -0.3 is 18.1 Å². The summed E-state index contributed by atoms with van der Waals surface area (Å²) in [5, 5.41) is 2.47. The second-order valence-corrected chi connectivity index (χ2v) is 27.5. The van der Waals surface area contributed by atoms with Crippen molar-refractivity contribution < 1.29 is 18.1 Å². The number of rotatable bonds is 17. The fraction of sp³-hybridized carbons (Fsp3) is 0.639. The lowest BCUT2D eigenvalue weighted by molar-refractivity contribution is -0.109. The quantitative estimate of drug-likeness (QED) is 0.128. The van der Waals surface area contributed by atoms with Crippen LogP contribution in [0.5, 0.6) is 0 Å². The molecule has 2 aromatic rings. The van der Waals surface area contributed by atoms with Crippen molar-refractivity contribution in [1.29, 1.82) is 0 Å². The SMILES string of the molecule is CC[Si](CC)(CC)O[C@H]1C[C@@H](O[Si](CC)(CC)CC)[C@H](CC=O)[C@@H]1CO[Si](c1ccccc1)(c1ccccc1)C(C)(C)C. The maximum absolute atomic E-state index is 12.3. The summed E-state index contributed by atoms with van der Waals surface area (Å²) in [5.74, 6) is 0.222. The van der Waals surface area contributed by atoms with Crippen molar-refractivity contribution in [3.8, 4) is 0 Å². The van der Waals surface area contributed by atoms with Crippen LogP contribution < -0.4 is 10.4 Å². The first kappa shape index (κ1) is 36.1. The average molecular weight is 641 g/mol. The Hall–Kier alpha value is -1.36. The molecule has 4 atom stereocenters. The zero-order chi connectivity index (χ0) is 31.7. The van der Waals surface area contributed by atoms with Crippen LogP contribution in [0.1, 0.15) is 75.2 Å². The van der Waals surface area contributed by atoms with Crippen molar-refractivity contribution >= 4 is 41.6 Å². The molecule has 7 heteroatoms. The van der Waals surface area contributed by atoms with Crippen molar-refractivity contribution in [2.45, 2.75) is 129 Å². The molecule has 1 fully saturated rings. The van der Waals surface area contributed by atoms with Gasteiger partial charge in [-0.25, -0.2) is 0 Å². The molecule has 0 amide bonds. The van der Waals surface area contributed by atoms with Crippen molar-refractivity contribution in [3.63, 3.8) is 0 Å². The van der Waals surface area contributed by atoms with Crippen molar-refractivity contribution in [2.24, 2.45) is 11.8 Å². The number of carbonyl (C=O) groups excluding carboxylic acids is 1. The Morgan fingerprint density at radius 1 is 0.674 bits per heavy atom. The van der Waals surface area contributed by atoms with E-state index in [9.17, 15) is 4.79 Å². The van der Waals surface area contributed by atoms with Gasteiger partial charge in [0.25, 0.3) is 8.32 Å². The van der Waals surface area contributed by atoms with Crippen LogP contribution in [0.2, 0.25) is 41.3 Å².